The number of benzene rings is 1. The second kappa shape index (κ2) is 8.04. The van der Waals surface area contributed by atoms with E-state index in [1.807, 2.05) is 0 Å². The van der Waals surface area contributed by atoms with Gasteiger partial charge in [-0.05, 0) is 12.5 Å². The zero-order valence-electron chi connectivity index (χ0n) is 12.2. The van der Waals surface area contributed by atoms with Crippen LogP contribution in [0.2, 0.25) is 0 Å². The Balaban J connectivity index is 2.88. The van der Waals surface area contributed by atoms with Crippen molar-refractivity contribution in [1.82, 2.24) is 0 Å². The summed E-state index contributed by atoms with van der Waals surface area (Å²) in [7, 11) is 0. The first-order valence-corrected chi connectivity index (χ1v) is 6.39. The van der Waals surface area contributed by atoms with E-state index in [1.165, 1.54) is 31.2 Å². The summed E-state index contributed by atoms with van der Waals surface area (Å²) in [4.78, 5) is 11.7. The van der Waals surface area contributed by atoms with Crippen molar-refractivity contribution in [2.75, 3.05) is 13.2 Å². The molecule has 0 bridgehead atoms. The fraction of sp³-hybridized carbons (Fsp3) is 0.357. The number of halogens is 6. The molecule has 0 saturated heterocycles. The molecule has 0 amide bonds. The second-order valence-corrected chi connectivity index (χ2v) is 4.30. The maximum absolute atomic E-state index is 12.4. The molecule has 0 aromatic heterocycles. The molecule has 0 unspecified atom stereocenters. The Morgan fingerprint density at radius 2 is 1.54 bits per heavy atom. The van der Waals surface area contributed by atoms with E-state index in [9.17, 15) is 31.1 Å². The Labute approximate surface area is 132 Å². The quantitative estimate of drug-likeness (QED) is 0.253. The van der Waals surface area contributed by atoms with Gasteiger partial charge in [0, 0.05) is 5.57 Å². The third-order valence-electron chi connectivity index (χ3n) is 2.53. The van der Waals surface area contributed by atoms with E-state index in [2.05, 4.69) is 14.2 Å². The van der Waals surface area contributed by atoms with Gasteiger partial charge in [0.25, 0.3) is 0 Å². The fourth-order valence-corrected chi connectivity index (χ4v) is 1.56. The lowest BCUT2D eigenvalue weighted by atomic mass is 10.1. The summed E-state index contributed by atoms with van der Waals surface area (Å²) in [5.41, 5.74) is 0.0647. The van der Waals surface area contributed by atoms with Crippen molar-refractivity contribution in [2.24, 2.45) is 0 Å². The molecule has 24 heavy (non-hydrogen) atoms. The predicted octanol–water partition coefficient (Wildman–Crippen LogP) is 4.03. The SMILES string of the molecule is C/C(=C(/OC(F)(F)F)C(=O)OCCOC(F)(F)F)c1ccccc1. The molecular formula is C14H12F6O4. The van der Waals surface area contributed by atoms with Crippen LogP contribution >= 0.6 is 0 Å². The maximum Gasteiger partial charge on any atom is 0.573 e. The first-order chi connectivity index (χ1) is 11.0. The van der Waals surface area contributed by atoms with E-state index in [4.69, 9.17) is 0 Å². The highest BCUT2D eigenvalue weighted by Gasteiger charge is 2.36. The molecule has 0 spiro atoms. The van der Waals surface area contributed by atoms with Gasteiger partial charge < -0.3 is 9.47 Å². The summed E-state index contributed by atoms with van der Waals surface area (Å²) in [5, 5.41) is 0. The minimum absolute atomic E-state index is 0.185. The number of rotatable bonds is 6. The van der Waals surface area contributed by atoms with Crippen molar-refractivity contribution >= 4 is 11.5 Å². The molecule has 1 aromatic rings. The number of ether oxygens (including phenoxy) is 3. The van der Waals surface area contributed by atoms with Gasteiger partial charge in [-0.25, -0.2) is 4.79 Å². The van der Waals surface area contributed by atoms with Crippen molar-refractivity contribution in [3.05, 3.63) is 41.7 Å². The third kappa shape index (κ3) is 7.36. The molecule has 0 saturated carbocycles. The highest BCUT2D eigenvalue weighted by atomic mass is 19.4. The van der Waals surface area contributed by atoms with Crippen LogP contribution in [0.1, 0.15) is 12.5 Å². The number of alkyl halides is 6. The minimum atomic E-state index is -5.17. The van der Waals surface area contributed by atoms with E-state index < -0.39 is 37.7 Å². The summed E-state index contributed by atoms with van der Waals surface area (Å²) in [5.74, 6) is -2.72. The molecule has 1 aromatic carbocycles. The van der Waals surface area contributed by atoms with Gasteiger partial charge in [-0.1, -0.05) is 30.3 Å². The van der Waals surface area contributed by atoms with E-state index >= 15 is 0 Å². The van der Waals surface area contributed by atoms with Crippen LogP contribution in [-0.2, 0) is 19.0 Å². The van der Waals surface area contributed by atoms with Crippen molar-refractivity contribution in [3.8, 4) is 0 Å². The first kappa shape index (κ1) is 19.8. The van der Waals surface area contributed by atoms with Gasteiger partial charge in [-0.3, -0.25) is 4.74 Å². The van der Waals surface area contributed by atoms with Crippen molar-refractivity contribution in [2.45, 2.75) is 19.6 Å². The van der Waals surface area contributed by atoms with Crippen LogP contribution < -0.4 is 0 Å². The highest BCUT2D eigenvalue weighted by molar-refractivity contribution is 5.95. The van der Waals surface area contributed by atoms with Gasteiger partial charge in [0.1, 0.15) is 6.61 Å². The molecule has 134 valence electrons. The molecule has 0 aliphatic heterocycles. The van der Waals surface area contributed by atoms with Gasteiger partial charge in [0.15, 0.2) is 0 Å². The van der Waals surface area contributed by atoms with E-state index in [0.29, 0.717) is 0 Å². The molecular weight excluding hydrogens is 346 g/mol. The molecule has 0 fully saturated rings. The minimum Gasteiger partial charge on any atom is -0.457 e. The van der Waals surface area contributed by atoms with Crippen LogP contribution in [0.15, 0.2) is 36.1 Å². The van der Waals surface area contributed by atoms with Gasteiger partial charge >= 0.3 is 18.7 Å². The number of carbonyl (C=O) groups excluding carboxylic acids is 1. The summed E-state index contributed by atoms with van der Waals surface area (Å²) in [6.07, 6.45) is -10.1. The maximum atomic E-state index is 12.4. The van der Waals surface area contributed by atoms with Crippen LogP contribution in [0.4, 0.5) is 26.3 Å². The molecule has 0 aliphatic carbocycles. The third-order valence-corrected chi connectivity index (χ3v) is 2.53. The lowest BCUT2D eigenvalue weighted by Crippen LogP contribution is -2.23. The van der Waals surface area contributed by atoms with Crippen molar-refractivity contribution in [3.63, 3.8) is 0 Å². The average molecular weight is 358 g/mol. The largest absolute Gasteiger partial charge is 0.573 e. The Bertz CT molecular complexity index is 577. The monoisotopic (exact) mass is 358 g/mol. The predicted molar refractivity (Wildman–Crippen MR) is 69.1 cm³/mol. The number of hydrogen-bond donors (Lipinski definition) is 0. The fourth-order valence-electron chi connectivity index (χ4n) is 1.56. The normalized spacial score (nSPS) is 13.3. The molecule has 0 atom stereocenters. The average Bonchev–Trinajstić information content (AvgIpc) is 2.47. The molecule has 1 rings (SSSR count). The Morgan fingerprint density at radius 1 is 0.958 bits per heavy atom. The summed E-state index contributed by atoms with van der Waals surface area (Å²) in [6.45, 7) is -0.770. The van der Waals surface area contributed by atoms with Crippen LogP contribution in [0, 0.1) is 0 Å². The first-order valence-electron chi connectivity index (χ1n) is 6.39. The van der Waals surface area contributed by atoms with Gasteiger partial charge in [0.2, 0.25) is 5.76 Å². The number of allylic oxidation sites excluding steroid dienone is 1. The standard InChI is InChI=1S/C14H12F6O4/c1-9(10-5-3-2-4-6-10)11(24-14(18,19)20)12(21)22-7-8-23-13(15,16)17/h2-6H,7-8H2,1H3/b11-9-. The molecule has 0 aliphatic rings. The molecule has 4 nitrogen and oxygen atoms in total. The number of esters is 1. The van der Waals surface area contributed by atoms with Crippen LogP contribution in [0.25, 0.3) is 5.57 Å². The molecule has 0 N–H and O–H groups in total. The Morgan fingerprint density at radius 3 is 2.04 bits per heavy atom. The van der Waals surface area contributed by atoms with E-state index in [1.54, 1.807) is 6.07 Å². The lowest BCUT2D eigenvalue weighted by molar-refractivity contribution is -0.326. The topological polar surface area (TPSA) is 44.8 Å². The smallest absolute Gasteiger partial charge is 0.457 e. The molecule has 10 heteroatoms. The van der Waals surface area contributed by atoms with Crippen molar-refractivity contribution in [1.29, 1.82) is 0 Å². The summed E-state index contributed by atoms with van der Waals surface area (Å²) >= 11 is 0. The summed E-state index contributed by atoms with van der Waals surface area (Å²) in [6, 6.07) is 7.50. The molecule has 0 radical (unpaired) electrons. The Kier molecular flexibility index (Phi) is 6.64. The van der Waals surface area contributed by atoms with Crippen LogP contribution in [0.3, 0.4) is 0 Å². The van der Waals surface area contributed by atoms with Crippen LogP contribution in [0.5, 0.6) is 0 Å². The lowest BCUT2D eigenvalue weighted by Gasteiger charge is -2.15. The van der Waals surface area contributed by atoms with Gasteiger partial charge in [0.05, 0.1) is 6.61 Å². The second-order valence-electron chi connectivity index (χ2n) is 4.30. The summed E-state index contributed by atoms with van der Waals surface area (Å²) < 4.78 is 84.0. The van der Waals surface area contributed by atoms with Crippen molar-refractivity contribution < 1.29 is 45.3 Å². The number of carbonyl (C=O) groups is 1. The zero-order chi connectivity index (χ0) is 18.4. The molecule has 0 heterocycles. The highest BCUT2D eigenvalue weighted by Crippen LogP contribution is 2.27. The van der Waals surface area contributed by atoms with E-state index in [0.717, 1.165) is 0 Å². The van der Waals surface area contributed by atoms with E-state index in [-0.39, 0.29) is 11.1 Å². The zero-order valence-corrected chi connectivity index (χ0v) is 12.2. The Hall–Kier alpha value is -2.23. The number of hydrogen-bond acceptors (Lipinski definition) is 4. The van der Waals surface area contributed by atoms with Gasteiger partial charge in [-0.2, -0.15) is 0 Å². The van der Waals surface area contributed by atoms with Crippen LogP contribution in [-0.4, -0.2) is 31.9 Å². The van der Waals surface area contributed by atoms with Gasteiger partial charge in [-0.15, -0.1) is 26.3 Å².